The van der Waals surface area contributed by atoms with E-state index in [1.807, 2.05) is 4.90 Å². The number of piperazine rings is 1. The zero-order chi connectivity index (χ0) is 12.8. The molecular weight excluding hydrogens is 248 g/mol. The van der Waals surface area contributed by atoms with Gasteiger partial charge in [-0.25, -0.2) is 0 Å². The van der Waals surface area contributed by atoms with Gasteiger partial charge < -0.3 is 4.90 Å². The van der Waals surface area contributed by atoms with E-state index in [9.17, 15) is 4.79 Å². The fourth-order valence-electron chi connectivity index (χ4n) is 3.15. The lowest BCUT2D eigenvalue weighted by Crippen LogP contribution is -2.49. The van der Waals surface area contributed by atoms with Gasteiger partial charge in [-0.05, 0) is 18.9 Å². The molecule has 2 aliphatic rings. The van der Waals surface area contributed by atoms with Crippen LogP contribution in [0.15, 0.2) is 0 Å². The normalized spacial score (nSPS) is 23.3. The van der Waals surface area contributed by atoms with Gasteiger partial charge >= 0.3 is 0 Å². The van der Waals surface area contributed by atoms with E-state index in [4.69, 9.17) is 11.6 Å². The topological polar surface area (TPSA) is 23.6 Å². The molecule has 1 amide bonds. The molecular formula is C14H25ClN2O. The molecule has 0 aromatic heterocycles. The van der Waals surface area contributed by atoms with Crippen molar-refractivity contribution >= 4 is 17.5 Å². The molecule has 1 saturated heterocycles. The van der Waals surface area contributed by atoms with E-state index in [0.29, 0.717) is 0 Å². The monoisotopic (exact) mass is 272 g/mol. The van der Waals surface area contributed by atoms with Gasteiger partial charge in [0, 0.05) is 26.2 Å². The summed E-state index contributed by atoms with van der Waals surface area (Å²) in [4.78, 5) is 15.9. The van der Waals surface area contributed by atoms with Crippen molar-refractivity contribution in [2.75, 3.05) is 38.6 Å². The van der Waals surface area contributed by atoms with E-state index in [-0.39, 0.29) is 11.8 Å². The first-order valence-electron chi connectivity index (χ1n) is 7.35. The lowest BCUT2D eigenvalue weighted by molar-refractivity contribution is -0.130. The number of rotatable bonds is 4. The molecule has 0 aromatic carbocycles. The molecule has 0 spiro atoms. The van der Waals surface area contributed by atoms with Crippen LogP contribution in [0.4, 0.5) is 0 Å². The van der Waals surface area contributed by atoms with E-state index >= 15 is 0 Å². The maximum Gasteiger partial charge on any atom is 0.237 e. The van der Waals surface area contributed by atoms with Crippen molar-refractivity contribution in [1.82, 2.24) is 9.80 Å². The molecule has 104 valence electrons. The molecule has 1 saturated carbocycles. The quantitative estimate of drug-likeness (QED) is 0.734. The number of carbonyl (C=O) groups is 1. The Labute approximate surface area is 115 Å². The van der Waals surface area contributed by atoms with Crippen molar-refractivity contribution in [1.29, 1.82) is 0 Å². The smallest absolute Gasteiger partial charge is 0.237 e. The van der Waals surface area contributed by atoms with Crippen molar-refractivity contribution in [2.24, 2.45) is 5.92 Å². The zero-order valence-electron chi connectivity index (χ0n) is 11.2. The fraction of sp³-hybridized carbons (Fsp3) is 0.929. The summed E-state index contributed by atoms with van der Waals surface area (Å²) in [5, 5.41) is 0. The van der Waals surface area contributed by atoms with Gasteiger partial charge in [0.25, 0.3) is 0 Å². The molecule has 2 fully saturated rings. The third-order valence-electron chi connectivity index (χ3n) is 4.42. The van der Waals surface area contributed by atoms with Crippen LogP contribution in [-0.2, 0) is 4.79 Å². The highest BCUT2D eigenvalue weighted by molar-refractivity contribution is 6.27. The first-order chi connectivity index (χ1) is 8.79. The largest absolute Gasteiger partial charge is 0.339 e. The van der Waals surface area contributed by atoms with Crippen LogP contribution in [0.1, 0.15) is 38.5 Å². The minimum atomic E-state index is 0.0867. The van der Waals surface area contributed by atoms with Crippen LogP contribution in [-0.4, -0.2) is 54.3 Å². The molecule has 18 heavy (non-hydrogen) atoms. The van der Waals surface area contributed by atoms with Crippen molar-refractivity contribution in [3.8, 4) is 0 Å². The Kier molecular flexibility index (Phi) is 5.77. The molecule has 4 heteroatoms. The maximum atomic E-state index is 11.5. The molecule has 0 aromatic rings. The molecule has 2 rings (SSSR count). The van der Waals surface area contributed by atoms with Crippen molar-refractivity contribution < 1.29 is 4.79 Å². The Hall–Kier alpha value is -0.280. The van der Waals surface area contributed by atoms with Gasteiger partial charge in [-0.3, -0.25) is 9.69 Å². The van der Waals surface area contributed by atoms with Crippen molar-refractivity contribution in [2.45, 2.75) is 38.5 Å². The van der Waals surface area contributed by atoms with Gasteiger partial charge in [-0.15, -0.1) is 11.6 Å². The summed E-state index contributed by atoms with van der Waals surface area (Å²) in [5.41, 5.74) is 0. The van der Waals surface area contributed by atoms with E-state index in [0.717, 1.165) is 32.1 Å². The number of hydrogen-bond donors (Lipinski definition) is 0. The Morgan fingerprint density at radius 1 is 1.06 bits per heavy atom. The maximum absolute atomic E-state index is 11.5. The molecule has 0 unspecified atom stereocenters. The van der Waals surface area contributed by atoms with Gasteiger partial charge in [0.05, 0.1) is 0 Å². The third-order valence-corrected chi connectivity index (χ3v) is 4.65. The van der Waals surface area contributed by atoms with Gasteiger partial charge in [-0.2, -0.15) is 0 Å². The average Bonchev–Trinajstić information content (AvgIpc) is 2.46. The second kappa shape index (κ2) is 7.34. The predicted octanol–water partition coefficient (Wildman–Crippen LogP) is 2.34. The Bertz CT molecular complexity index is 259. The Morgan fingerprint density at radius 2 is 1.72 bits per heavy atom. The highest BCUT2D eigenvalue weighted by Gasteiger charge is 2.21. The summed E-state index contributed by atoms with van der Waals surface area (Å²) in [7, 11) is 0. The average molecular weight is 273 g/mol. The van der Waals surface area contributed by atoms with Crippen LogP contribution in [0.25, 0.3) is 0 Å². The van der Waals surface area contributed by atoms with Crippen LogP contribution in [0.2, 0.25) is 0 Å². The summed E-state index contributed by atoms with van der Waals surface area (Å²) in [6.07, 6.45) is 8.53. The molecule has 0 bridgehead atoms. The SMILES string of the molecule is O=C(CCl)N1CCN(CCC2CCCCC2)CC1. The molecule has 1 aliphatic heterocycles. The molecule has 3 nitrogen and oxygen atoms in total. The molecule has 1 heterocycles. The van der Waals surface area contributed by atoms with E-state index < -0.39 is 0 Å². The molecule has 0 atom stereocenters. The second-order valence-corrected chi connectivity index (χ2v) is 5.92. The first kappa shape index (κ1) is 14.1. The van der Waals surface area contributed by atoms with Crippen molar-refractivity contribution in [3.63, 3.8) is 0 Å². The number of alkyl halides is 1. The fourth-order valence-corrected chi connectivity index (χ4v) is 3.32. The van der Waals surface area contributed by atoms with Crippen molar-refractivity contribution in [3.05, 3.63) is 0 Å². The summed E-state index contributed by atoms with van der Waals surface area (Å²) < 4.78 is 0. The Balaban J connectivity index is 1.62. The van der Waals surface area contributed by atoms with Gasteiger partial charge in [0.1, 0.15) is 5.88 Å². The zero-order valence-corrected chi connectivity index (χ0v) is 12.0. The molecule has 0 radical (unpaired) electrons. The van der Waals surface area contributed by atoms with E-state index in [1.54, 1.807) is 0 Å². The van der Waals surface area contributed by atoms with Crippen LogP contribution in [0.5, 0.6) is 0 Å². The number of halogens is 1. The van der Waals surface area contributed by atoms with Gasteiger partial charge in [0.15, 0.2) is 0 Å². The summed E-state index contributed by atoms with van der Waals surface area (Å²) in [6.45, 7) is 4.98. The van der Waals surface area contributed by atoms with Crippen LogP contribution in [0, 0.1) is 5.92 Å². The Morgan fingerprint density at radius 3 is 2.33 bits per heavy atom. The number of carbonyl (C=O) groups excluding carboxylic acids is 1. The highest BCUT2D eigenvalue weighted by atomic mass is 35.5. The van der Waals surface area contributed by atoms with Gasteiger partial charge in [-0.1, -0.05) is 32.1 Å². The predicted molar refractivity (Wildman–Crippen MR) is 74.9 cm³/mol. The number of amides is 1. The third kappa shape index (κ3) is 4.13. The molecule has 1 aliphatic carbocycles. The minimum Gasteiger partial charge on any atom is -0.339 e. The second-order valence-electron chi connectivity index (χ2n) is 5.65. The van der Waals surface area contributed by atoms with E-state index in [1.165, 1.54) is 45.1 Å². The number of nitrogens with zero attached hydrogens (tertiary/aromatic N) is 2. The lowest BCUT2D eigenvalue weighted by atomic mass is 9.87. The summed E-state index contributed by atoms with van der Waals surface area (Å²) in [5.74, 6) is 1.17. The minimum absolute atomic E-state index is 0.0867. The van der Waals surface area contributed by atoms with Crippen LogP contribution >= 0.6 is 11.6 Å². The van der Waals surface area contributed by atoms with E-state index in [2.05, 4.69) is 4.90 Å². The van der Waals surface area contributed by atoms with Crippen LogP contribution in [0.3, 0.4) is 0 Å². The van der Waals surface area contributed by atoms with Crippen LogP contribution < -0.4 is 0 Å². The summed E-state index contributed by atoms with van der Waals surface area (Å²) >= 11 is 5.58. The highest BCUT2D eigenvalue weighted by Crippen LogP contribution is 2.26. The first-order valence-corrected chi connectivity index (χ1v) is 7.89. The number of hydrogen-bond acceptors (Lipinski definition) is 2. The summed E-state index contributed by atoms with van der Waals surface area (Å²) in [6, 6.07) is 0. The lowest BCUT2D eigenvalue weighted by Gasteiger charge is -2.35. The standard InChI is InChI=1S/C14H25ClN2O/c15-12-14(18)17-10-8-16(9-11-17)7-6-13-4-2-1-3-5-13/h13H,1-12H2. The molecule has 0 N–H and O–H groups in total. The van der Waals surface area contributed by atoms with Gasteiger partial charge in [0.2, 0.25) is 5.91 Å².